The molecule has 6 heteroatoms. The summed E-state index contributed by atoms with van der Waals surface area (Å²) >= 11 is 0. The molecule has 0 aliphatic carbocycles. The van der Waals surface area contributed by atoms with Crippen LogP contribution < -0.4 is 0 Å². The molecule has 7 aromatic carbocycles. The minimum Gasteiger partial charge on any atom is -0.277 e. The molecule has 0 aliphatic heterocycles. The molecule has 6 aromatic heterocycles. The number of aryl methyl sites for hydroxylation is 4. The van der Waals surface area contributed by atoms with Gasteiger partial charge in [0.2, 0.25) is 11.6 Å². The predicted octanol–water partition coefficient (Wildman–Crippen LogP) is 14.4. The Morgan fingerprint density at radius 3 is 1.08 bits per heavy atom. The number of hydrogen-bond donors (Lipinski definition) is 0. The van der Waals surface area contributed by atoms with Gasteiger partial charge in [0.15, 0.2) is 0 Å². The molecule has 302 valence electrons. The summed E-state index contributed by atoms with van der Waals surface area (Å²) in [6, 6.07) is 41.0. The third-order valence-corrected chi connectivity index (χ3v) is 14.3. The highest BCUT2D eigenvalue weighted by Crippen LogP contribution is 2.51. The van der Waals surface area contributed by atoms with Crippen molar-refractivity contribution in [1.29, 1.82) is 0 Å². The van der Waals surface area contributed by atoms with E-state index in [2.05, 4.69) is 196 Å². The fourth-order valence-electron chi connectivity index (χ4n) is 11.3. The minimum absolute atomic E-state index is 0.0428. The van der Waals surface area contributed by atoms with Crippen LogP contribution in [0.3, 0.4) is 0 Å². The largest absolute Gasteiger partial charge is 0.277 e. The van der Waals surface area contributed by atoms with E-state index in [0.29, 0.717) is 0 Å². The fraction of sp³-hybridized carbons (Fsp3) is 0.214. The van der Waals surface area contributed by atoms with Gasteiger partial charge in [-0.2, -0.15) is 0 Å². The van der Waals surface area contributed by atoms with Crippen molar-refractivity contribution in [1.82, 2.24) is 27.6 Å². The first-order valence-electron chi connectivity index (χ1n) is 22.0. The summed E-state index contributed by atoms with van der Waals surface area (Å²) in [6.07, 6.45) is 0. The maximum absolute atomic E-state index is 5.73. The van der Waals surface area contributed by atoms with E-state index < -0.39 is 0 Å². The van der Waals surface area contributed by atoms with Gasteiger partial charge in [-0.1, -0.05) is 114 Å². The Kier molecular flexibility index (Phi) is 6.64. The van der Waals surface area contributed by atoms with E-state index >= 15 is 0 Å². The maximum atomic E-state index is 5.73. The summed E-state index contributed by atoms with van der Waals surface area (Å²) in [5.74, 6) is 1.88. The predicted molar refractivity (Wildman–Crippen MR) is 260 cm³/mol. The number of hydrogen-bond acceptors (Lipinski definition) is 2. The van der Waals surface area contributed by atoms with Gasteiger partial charge in [-0.25, -0.2) is 9.97 Å². The minimum atomic E-state index is -0.0428. The molecule has 0 bridgehead atoms. The van der Waals surface area contributed by atoms with Gasteiger partial charge >= 0.3 is 0 Å². The van der Waals surface area contributed by atoms with E-state index in [1.807, 2.05) is 0 Å². The van der Waals surface area contributed by atoms with Crippen molar-refractivity contribution in [3.05, 3.63) is 143 Å². The molecule has 0 N–H and O–H groups in total. The molecule has 6 nitrogen and oxygen atoms in total. The lowest BCUT2D eigenvalue weighted by Gasteiger charge is -2.19. The second-order valence-corrected chi connectivity index (χ2v) is 20.2. The SMILES string of the molecule is Cc1cccc(C)c1-c1cccc2c1nc1n2c2c3c4cc(C(C)(C)C)ccc4n4c3c(c3c5cc(C(C)(C)C)ccc5n1c32)n1c2cccc(-c3c(C)cccc3C)c2nc14. The van der Waals surface area contributed by atoms with Gasteiger partial charge in [0.25, 0.3) is 0 Å². The first-order chi connectivity index (χ1) is 29.7. The van der Waals surface area contributed by atoms with Crippen LogP contribution in [0.2, 0.25) is 0 Å². The van der Waals surface area contributed by atoms with Crippen molar-refractivity contribution in [2.24, 2.45) is 0 Å². The van der Waals surface area contributed by atoms with E-state index in [1.54, 1.807) is 0 Å². The average Bonchev–Trinajstić information content (AvgIpc) is 4.05. The Bertz CT molecular complexity index is 3780. The second-order valence-electron chi connectivity index (χ2n) is 20.2. The van der Waals surface area contributed by atoms with Gasteiger partial charge in [0, 0.05) is 32.7 Å². The lowest BCUT2D eigenvalue weighted by molar-refractivity contribution is 0.591. The van der Waals surface area contributed by atoms with Crippen LogP contribution in [0.4, 0.5) is 0 Å². The number of para-hydroxylation sites is 2. The number of benzene rings is 7. The van der Waals surface area contributed by atoms with Crippen LogP contribution >= 0.6 is 0 Å². The topological polar surface area (TPSA) is 43.4 Å². The molecule has 0 radical (unpaired) electrons. The molecule has 0 aliphatic rings. The smallest absolute Gasteiger partial charge is 0.220 e. The highest BCUT2D eigenvalue weighted by molar-refractivity contribution is 6.37. The molecule has 0 amide bonds. The second kappa shape index (κ2) is 11.5. The van der Waals surface area contributed by atoms with Gasteiger partial charge in [-0.05, 0) is 119 Å². The number of nitrogens with zero attached hydrogens (tertiary/aromatic N) is 6. The van der Waals surface area contributed by atoms with Gasteiger partial charge in [-0.3, -0.25) is 17.6 Å². The molecule has 0 saturated heterocycles. The zero-order chi connectivity index (χ0) is 42.5. The van der Waals surface area contributed by atoms with Crippen molar-refractivity contribution in [3.63, 3.8) is 0 Å². The van der Waals surface area contributed by atoms with Crippen molar-refractivity contribution >= 4 is 88.3 Å². The molecule has 6 heterocycles. The third kappa shape index (κ3) is 4.30. The monoisotopic (exact) mass is 804 g/mol. The molecule has 13 aromatic rings. The zero-order valence-electron chi connectivity index (χ0n) is 37.1. The van der Waals surface area contributed by atoms with Crippen LogP contribution in [0.25, 0.3) is 111 Å². The molecular weight excluding hydrogens is 757 g/mol. The van der Waals surface area contributed by atoms with Crippen molar-refractivity contribution in [3.8, 4) is 22.3 Å². The molecule has 0 saturated carbocycles. The quantitative estimate of drug-likeness (QED) is 0.175. The Balaban J connectivity index is 1.33. The molecule has 62 heavy (non-hydrogen) atoms. The highest BCUT2D eigenvalue weighted by Gasteiger charge is 2.33. The van der Waals surface area contributed by atoms with Crippen LogP contribution in [0.15, 0.2) is 109 Å². The maximum Gasteiger partial charge on any atom is 0.220 e. The standard InChI is InChI=1S/C56H48N6/c1-29-15-11-16-30(2)43(29)35-19-13-21-41-47(35)57-53-59-39-25-23-33(55(5,6)7)27-37(39)46-49(59)51(61(41)53)45-38-28-34(56(8,9)10)24-26-40(38)60-50(45)52(46)62-42-22-14-20-36(48(42)58-54(60)62)44-31(3)17-12-18-32(44)4/h11-28H,1-10H3. The molecule has 13 rings (SSSR count). The molecular formula is C56H48N6. The first-order valence-corrected chi connectivity index (χ1v) is 22.0. The number of imidazole rings is 4. The van der Waals surface area contributed by atoms with E-state index in [4.69, 9.17) is 9.97 Å². The Morgan fingerprint density at radius 1 is 0.387 bits per heavy atom. The van der Waals surface area contributed by atoms with Crippen molar-refractivity contribution < 1.29 is 0 Å². The summed E-state index contributed by atoms with van der Waals surface area (Å²) in [7, 11) is 0. The molecule has 0 atom stereocenters. The number of aromatic nitrogens is 6. The highest BCUT2D eigenvalue weighted by atomic mass is 15.2. The van der Waals surface area contributed by atoms with Crippen LogP contribution in [-0.2, 0) is 10.8 Å². The van der Waals surface area contributed by atoms with Crippen LogP contribution in [0.5, 0.6) is 0 Å². The first kappa shape index (κ1) is 35.8. The molecule has 0 unspecified atom stereocenters. The Morgan fingerprint density at radius 2 is 0.726 bits per heavy atom. The van der Waals surface area contributed by atoms with Crippen LogP contribution in [-0.4, -0.2) is 27.6 Å². The van der Waals surface area contributed by atoms with E-state index in [1.165, 1.54) is 110 Å². The summed E-state index contributed by atoms with van der Waals surface area (Å²) in [5, 5.41) is 4.97. The fourth-order valence-corrected chi connectivity index (χ4v) is 11.3. The lowest BCUT2D eigenvalue weighted by atomic mass is 9.86. The van der Waals surface area contributed by atoms with Crippen LogP contribution in [0, 0.1) is 27.7 Å². The summed E-state index contributed by atoms with van der Waals surface area (Å²) in [6.45, 7) is 22.8. The van der Waals surface area contributed by atoms with Gasteiger partial charge < -0.3 is 0 Å². The summed E-state index contributed by atoms with van der Waals surface area (Å²) < 4.78 is 9.92. The normalized spacial score (nSPS) is 13.3. The third-order valence-electron chi connectivity index (χ3n) is 14.3. The van der Waals surface area contributed by atoms with Crippen molar-refractivity contribution in [2.45, 2.75) is 80.1 Å². The van der Waals surface area contributed by atoms with E-state index in [9.17, 15) is 0 Å². The number of rotatable bonds is 2. The van der Waals surface area contributed by atoms with Gasteiger partial charge in [-0.15, -0.1) is 0 Å². The number of fused-ring (bicyclic) bond motifs is 18. The van der Waals surface area contributed by atoms with Crippen molar-refractivity contribution in [2.75, 3.05) is 0 Å². The summed E-state index contributed by atoms with van der Waals surface area (Å²) in [5.41, 5.74) is 23.9. The Hall–Kier alpha value is -6.92. The Labute approximate surface area is 359 Å². The molecule has 0 spiro atoms. The average molecular weight is 805 g/mol. The summed E-state index contributed by atoms with van der Waals surface area (Å²) in [4.78, 5) is 11.5. The van der Waals surface area contributed by atoms with Gasteiger partial charge in [0.1, 0.15) is 0 Å². The molecule has 0 fully saturated rings. The lowest BCUT2D eigenvalue weighted by Crippen LogP contribution is -2.10. The van der Waals surface area contributed by atoms with Crippen LogP contribution in [0.1, 0.15) is 74.9 Å². The van der Waals surface area contributed by atoms with E-state index in [0.717, 1.165) is 33.6 Å². The van der Waals surface area contributed by atoms with E-state index in [-0.39, 0.29) is 10.8 Å². The van der Waals surface area contributed by atoms with Gasteiger partial charge in [0.05, 0.1) is 55.2 Å². The zero-order valence-corrected chi connectivity index (χ0v) is 37.1.